The Morgan fingerprint density at radius 1 is 1.00 bits per heavy atom. The van der Waals surface area contributed by atoms with Gasteiger partial charge in [0.05, 0.1) is 13.2 Å². The fourth-order valence-corrected chi connectivity index (χ4v) is 3.91. The number of carbonyl (C=O) groups is 2. The molecule has 5 heterocycles. The van der Waals surface area contributed by atoms with E-state index in [0.717, 1.165) is 29.8 Å². The Morgan fingerprint density at radius 2 is 1.79 bits per heavy atom. The van der Waals surface area contributed by atoms with Gasteiger partial charge in [0.15, 0.2) is 18.1 Å². The van der Waals surface area contributed by atoms with Crippen LogP contribution in [0, 0.1) is 0 Å². The molecular formula is C24H30ClN3O5. The molecule has 0 spiro atoms. The zero-order valence-electron chi connectivity index (χ0n) is 18.6. The fraction of sp³-hybridized carbons (Fsp3) is 0.417. The van der Waals surface area contributed by atoms with E-state index >= 15 is 0 Å². The molecule has 0 unspecified atom stereocenters. The Bertz CT molecular complexity index is 954. The molecule has 0 saturated carbocycles. The number of ether oxygens (including phenoxy) is 3. The van der Waals surface area contributed by atoms with Crippen LogP contribution in [0.4, 0.5) is 0 Å². The number of halogens is 1. The van der Waals surface area contributed by atoms with E-state index in [9.17, 15) is 9.59 Å². The smallest absolute Gasteiger partial charge is 0.258 e. The highest BCUT2D eigenvalue weighted by Crippen LogP contribution is 2.28. The second-order valence-electron chi connectivity index (χ2n) is 8.02. The van der Waals surface area contributed by atoms with Gasteiger partial charge in [-0.3, -0.25) is 9.59 Å². The van der Waals surface area contributed by atoms with Crippen molar-refractivity contribution in [2.75, 3.05) is 26.8 Å². The van der Waals surface area contributed by atoms with Crippen molar-refractivity contribution in [3.05, 3.63) is 53.6 Å². The molecule has 33 heavy (non-hydrogen) atoms. The van der Waals surface area contributed by atoms with E-state index in [2.05, 4.69) is 16.0 Å². The third kappa shape index (κ3) is 6.76. The minimum Gasteiger partial charge on any atom is -0.493 e. The van der Waals surface area contributed by atoms with Crippen molar-refractivity contribution in [3.63, 3.8) is 0 Å². The molecule has 5 aliphatic heterocycles. The van der Waals surface area contributed by atoms with Gasteiger partial charge in [-0.05, 0) is 54.8 Å². The lowest BCUT2D eigenvalue weighted by Crippen LogP contribution is -2.56. The van der Waals surface area contributed by atoms with E-state index < -0.39 is 0 Å². The highest BCUT2D eigenvalue weighted by Gasteiger charge is 2.28. The Hall–Kier alpha value is -2.97. The summed E-state index contributed by atoms with van der Waals surface area (Å²) in [5, 5.41) is 9.29. The van der Waals surface area contributed by atoms with Gasteiger partial charge in [0, 0.05) is 19.5 Å². The highest BCUT2D eigenvalue weighted by molar-refractivity contribution is 5.85. The molecule has 0 aromatic heterocycles. The lowest BCUT2D eigenvalue weighted by Gasteiger charge is -2.33. The average molecular weight is 476 g/mol. The molecule has 1 fully saturated rings. The minimum absolute atomic E-state index is 0. The lowest BCUT2D eigenvalue weighted by atomic mass is 10.0. The number of hydrogen-bond acceptors (Lipinski definition) is 6. The second kappa shape index (κ2) is 11.8. The van der Waals surface area contributed by atoms with Crippen LogP contribution in [-0.4, -0.2) is 50.8 Å². The molecule has 178 valence electrons. The van der Waals surface area contributed by atoms with E-state index in [4.69, 9.17) is 14.2 Å². The normalized spacial score (nSPS) is 21.4. The van der Waals surface area contributed by atoms with Gasteiger partial charge in [-0.15, -0.1) is 12.4 Å². The zero-order chi connectivity index (χ0) is 22.3. The molecule has 9 heteroatoms. The minimum atomic E-state index is -0.222. The van der Waals surface area contributed by atoms with Crippen LogP contribution < -0.4 is 30.2 Å². The number of piperidine rings is 1. The molecule has 2 amide bonds. The molecular weight excluding hydrogens is 446 g/mol. The highest BCUT2D eigenvalue weighted by atomic mass is 35.5. The van der Waals surface area contributed by atoms with E-state index in [-0.39, 0.29) is 43.0 Å². The molecule has 2 atom stereocenters. The average Bonchev–Trinajstić information content (AvgIpc) is 2.82. The van der Waals surface area contributed by atoms with Gasteiger partial charge in [0.1, 0.15) is 11.9 Å². The maximum absolute atomic E-state index is 12.6. The van der Waals surface area contributed by atoms with Crippen molar-refractivity contribution in [1.82, 2.24) is 16.0 Å². The number of nitrogens with one attached hydrogen (secondary N) is 3. The summed E-state index contributed by atoms with van der Waals surface area (Å²) in [4.78, 5) is 24.9. The van der Waals surface area contributed by atoms with E-state index in [1.54, 1.807) is 13.2 Å². The first kappa shape index (κ1) is 24.7. The summed E-state index contributed by atoms with van der Waals surface area (Å²) < 4.78 is 17.3. The molecule has 0 radical (unpaired) electrons. The zero-order valence-corrected chi connectivity index (χ0v) is 19.4. The van der Waals surface area contributed by atoms with Gasteiger partial charge in [0.25, 0.3) is 5.91 Å². The van der Waals surface area contributed by atoms with Crippen LogP contribution in [0.1, 0.15) is 24.0 Å². The molecule has 2 aromatic rings. The van der Waals surface area contributed by atoms with Crippen LogP contribution in [0.2, 0.25) is 0 Å². The van der Waals surface area contributed by atoms with Gasteiger partial charge in [-0.25, -0.2) is 0 Å². The fourth-order valence-electron chi connectivity index (χ4n) is 3.91. The third-order valence-corrected chi connectivity index (χ3v) is 5.69. The monoisotopic (exact) mass is 475 g/mol. The van der Waals surface area contributed by atoms with Gasteiger partial charge < -0.3 is 30.2 Å². The largest absolute Gasteiger partial charge is 0.493 e. The van der Waals surface area contributed by atoms with Crippen LogP contribution in [0.5, 0.6) is 17.2 Å². The standard InChI is InChI=1S/C24H29N3O5.ClH/c1-30-22-12-16-4-8-21(22)31-15-24(29)27-19-14-25-11-10-20(19)32-18-6-2-17(3-7-18)13-26-23(28)9-5-16;/h2-4,6-8,12,19-20,25H,5,9-11,13-15H2,1H3,(H,26,28)(H,27,29);1H/t19-,20-;/m1./s1. The Labute approximate surface area is 199 Å². The van der Waals surface area contributed by atoms with E-state index in [1.165, 1.54) is 0 Å². The summed E-state index contributed by atoms with van der Waals surface area (Å²) in [7, 11) is 1.55. The van der Waals surface area contributed by atoms with Gasteiger partial charge in [0.2, 0.25) is 5.91 Å². The first-order valence-electron chi connectivity index (χ1n) is 10.9. The van der Waals surface area contributed by atoms with Crippen molar-refractivity contribution in [2.24, 2.45) is 0 Å². The summed E-state index contributed by atoms with van der Waals surface area (Å²) in [6.07, 6.45) is 1.57. The predicted molar refractivity (Wildman–Crippen MR) is 126 cm³/mol. The quantitative estimate of drug-likeness (QED) is 0.583. The van der Waals surface area contributed by atoms with Crippen LogP contribution >= 0.6 is 12.4 Å². The number of aryl methyl sites for hydroxylation is 1. The summed E-state index contributed by atoms with van der Waals surface area (Å²) in [6, 6.07) is 13.0. The maximum atomic E-state index is 12.6. The summed E-state index contributed by atoms with van der Waals surface area (Å²) in [5.41, 5.74) is 1.96. The number of rotatable bonds is 1. The summed E-state index contributed by atoms with van der Waals surface area (Å²) in [5.74, 6) is 1.51. The number of methoxy groups -OCH3 is 1. The maximum Gasteiger partial charge on any atom is 0.258 e. The molecule has 7 rings (SSSR count). The van der Waals surface area contributed by atoms with Crippen molar-refractivity contribution < 1.29 is 23.8 Å². The number of amides is 2. The second-order valence-corrected chi connectivity index (χ2v) is 8.02. The van der Waals surface area contributed by atoms with Gasteiger partial charge in [-0.1, -0.05) is 18.2 Å². The van der Waals surface area contributed by atoms with Crippen molar-refractivity contribution in [3.8, 4) is 17.2 Å². The van der Waals surface area contributed by atoms with Gasteiger partial charge in [-0.2, -0.15) is 0 Å². The Kier molecular flexibility index (Phi) is 8.79. The van der Waals surface area contributed by atoms with Crippen molar-refractivity contribution >= 4 is 24.2 Å². The first-order chi connectivity index (χ1) is 15.6. The number of carbonyl (C=O) groups excluding carboxylic acids is 2. The van der Waals surface area contributed by atoms with Gasteiger partial charge >= 0.3 is 0 Å². The Balaban J connectivity index is 0.00000306. The SMILES string of the molecule is COc1cc2ccc1OCC(=O)N[C@@H]1CNCC[C@H]1Oc1ccc(cc1)CNC(=O)CC2.Cl. The van der Waals surface area contributed by atoms with E-state index in [1.807, 2.05) is 36.4 Å². The third-order valence-electron chi connectivity index (χ3n) is 5.69. The van der Waals surface area contributed by atoms with Crippen LogP contribution in [-0.2, 0) is 22.6 Å². The lowest BCUT2D eigenvalue weighted by molar-refractivity contribution is -0.124. The Morgan fingerprint density at radius 3 is 2.58 bits per heavy atom. The molecule has 5 aliphatic rings. The molecule has 3 N–H and O–H groups in total. The number of benzene rings is 2. The summed E-state index contributed by atoms with van der Waals surface area (Å²) >= 11 is 0. The van der Waals surface area contributed by atoms with Crippen molar-refractivity contribution in [2.45, 2.75) is 38.0 Å². The first-order valence-corrected chi connectivity index (χ1v) is 10.9. The molecule has 1 saturated heterocycles. The van der Waals surface area contributed by atoms with Crippen LogP contribution in [0.25, 0.3) is 0 Å². The summed E-state index contributed by atoms with van der Waals surface area (Å²) in [6.45, 7) is 1.77. The number of hydrogen-bond donors (Lipinski definition) is 3. The van der Waals surface area contributed by atoms with E-state index in [0.29, 0.717) is 37.4 Å². The topological polar surface area (TPSA) is 97.9 Å². The molecule has 0 aliphatic carbocycles. The molecule has 4 bridgehead atoms. The predicted octanol–water partition coefficient (Wildman–Crippen LogP) is 1.98. The molecule has 8 nitrogen and oxygen atoms in total. The van der Waals surface area contributed by atoms with Crippen LogP contribution in [0.3, 0.4) is 0 Å². The molecule has 2 aromatic carbocycles. The van der Waals surface area contributed by atoms with Crippen LogP contribution in [0.15, 0.2) is 42.5 Å². The van der Waals surface area contributed by atoms with Crippen molar-refractivity contribution in [1.29, 1.82) is 0 Å².